The molecule has 1 aliphatic rings. The number of hydrogen-bond acceptors (Lipinski definition) is 2. The highest BCUT2D eigenvalue weighted by molar-refractivity contribution is 5.46. The lowest BCUT2D eigenvalue weighted by Crippen LogP contribution is -2.00. The van der Waals surface area contributed by atoms with E-state index in [1.165, 1.54) is 0 Å². The third kappa shape index (κ3) is 0.708. The molecule has 1 rings (SSSR count). The zero-order valence-electron chi connectivity index (χ0n) is 3.48. The topological polar surface area (TPSA) is 21.6 Å². The van der Waals surface area contributed by atoms with Crippen molar-refractivity contribution >= 4 is 6.40 Å². The summed E-state index contributed by atoms with van der Waals surface area (Å²) < 4.78 is 4.65. The van der Waals surface area contributed by atoms with E-state index >= 15 is 0 Å². The van der Waals surface area contributed by atoms with Gasteiger partial charge in [-0.2, -0.15) is 0 Å². The van der Waals surface area contributed by atoms with E-state index in [0.717, 1.165) is 19.6 Å². The third-order valence-electron chi connectivity index (χ3n) is 0.645. The van der Waals surface area contributed by atoms with E-state index in [9.17, 15) is 0 Å². The molecule has 0 aromatic rings. The van der Waals surface area contributed by atoms with Crippen LogP contribution in [0.1, 0.15) is 6.42 Å². The summed E-state index contributed by atoms with van der Waals surface area (Å²) in [6.07, 6.45) is 3.46. The molecule has 0 atom stereocenters. The average Bonchev–Trinajstić information content (AvgIpc) is 1.72. The zero-order valence-corrected chi connectivity index (χ0v) is 3.48. The van der Waals surface area contributed by atoms with Gasteiger partial charge in [-0.15, -0.1) is 0 Å². The van der Waals surface area contributed by atoms with Crippen LogP contribution in [0.5, 0.6) is 0 Å². The lowest BCUT2D eigenvalue weighted by atomic mass is 10.4. The van der Waals surface area contributed by atoms with Gasteiger partial charge in [-0.3, -0.25) is 0 Å². The molecule has 2 heteroatoms. The van der Waals surface area contributed by atoms with E-state index in [2.05, 4.69) is 16.1 Å². The van der Waals surface area contributed by atoms with Gasteiger partial charge in [0.25, 0.3) is 6.40 Å². The summed E-state index contributed by atoms with van der Waals surface area (Å²) in [7, 11) is 0. The van der Waals surface area contributed by atoms with Crippen LogP contribution in [0.15, 0.2) is 4.99 Å². The second-order valence-electron chi connectivity index (χ2n) is 1.18. The molecule has 0 saturated heterocycles. The normalized spacial score (nSPS) is 20.0. The number of ether oxygens (including phenoxy) is 1. The van der Waals surface area contributed by atoms with Crippen molar-refractivity contribution in [2.45, 2.75) is 6.42 Å². The van der Waals surface area contributed by atoms with Crippen LogP contribution < -0.4 is 0 Å². The maximum atomic E-state index is 4.65. The predicted octanol–water partition coefficient (Wildman–Crippen LogP) is 0.312. The van der Waals surface area contributed by atoms with Crippen LogP contribution in [-0.2, 0) is 4.74 Å². The molecule has 0 aromatic heterocycles. The third-order valence-corrected chi connectivity index (χ3v) is 0.645. The number of nitrogens with zero attached hydrogens (tertiary/aromatic N) is 1. The standard InChI is InChI=1S/C4H6NO/c1-2-5-4-6-3-1/h1-3H2. The molecular weight excluding hydrogens is 78.0 g/mol. The zero-order chi connectivity index (χ0) is 4.24. The highest BCUT2D eigenvalue weighted by Crippen LogP contribution is 1.86. The van der Waals surface area contributed by atoms with Gasteiger partial charge >= 0.3 is 0 Å². The van der Waals surface area contributed by atoms with Crippen molar-refractivity contribution in [3.05, 3.63) is 0 Å². The van der Waals surface area contributed by atoms with Crippen LogP contribution in [0.25, 0.3) is 0 Å². The molecule has 0 saturated carbocycles. The number of rotatable bonds is 0. The van der Waals surface area contributed by atoms with Gasteiger partial charge in [-0.1, -0.05) is 0 Å². The van der Waals surface area contributed by atoms with Crippen molar-refractivity contribution in [3.8, 4) is 0 Å². The monoisotopic (exact) mass is 84.0 g/mol. The highest BCUT2D eigenvalue weighted by Gasteiger charge is 1.88. The molecular formula is C4H6NO. The Kier molecular flexibility index (Phi) is 1.10. The van der Waals surface area contributed by atoms with E-state index in [1.807, 2.05) is 0 Å². The molecule has 0 aromatic carbocycles. The predicted molar refractivity (Wildman–Crippen MR) is 22.9 cm³/mol. The molecule has 1 heterocycles. The first kappa shape index (κ1) is 3.65. The molecule has 0 bridgehead atoms. The first-order chi connectivity index (χ1) is 3.00. The molecule has 0 spiro atoms. The van der Waals surface area contributed by atoms with E-state index in [4.69, 9.17) is 0 Å². The van der Waals surface area contributed by atoms with Crippen molar-refractivity contribution < 1.29 is 4.74 Å². The Morgan fingerprint density at radius 3 is 2.83 bits per heavy atom. The quantitative estimate of drug-likeness (QED) is 0.414. The summed E-state index contributed by atoms with van der Waals surface area (Å²) in [6.45, 7) is 1.68. The minimum atomic E-state index is 0.795. The summed E-state index contributed by atoms with van der Waals surface area (Å²) in [5.74, 6) is 0. The molecule has 1 radical (unpaired) electrons. The van der Waals surface area contributed by atoms with Gasteiger partial charge in [-0.05, 0) is 0 Å². The van der Waals surface area contributed by atoms with E-state index < -0.39 is 0 Å². The van der Waals surface area contributed by atoms with E-state index in [1.54, 1.807) is 0 Å². The van der Waals surface area contributed by atoms with Gasteiger partial charge in [-0.25, -0.2) is 4.99 Å². The van der Waals surface area contributed by atoms with Crippen LogP contribution in [0.2, 0.25) is 0 Å². The number of hydrogen-bond donors (Lipinski definition) is 0. The smallest absolute Gasteiger partial charge is 0.273 e. The molecule has 2 nitrogen and oxygen atoms in total. The molecule has 1 aliphatic heterocycles. The van der Waals surface area contributed by atoms with Gasteiger partial charge in [0.15, 0.2) is 0 Å². The molecule has 0 aliphatic carbocycles. The summed E-state index contributed by atoms with van der Waals surface area (Å²) in [4.78, 5) is 3.70. The number of aliphatic imine (C=N–C) groups is 1. The Morgan fingerprint density at radius 2 is 2.67 bits per heavy atom. The largest absolute Gasteiger partial charge is 0.474 e. The summed E-state index contributed by atoms with van der Waals surface area (Å²) in [6, 6.07) is 0. The Balaban J connectivity index is 2.26. The van der Waals surface area contributed by atoms with Crippen LogP contribution in [-0.4, -0.2) is 19.6 Å². The van der Waals surface area contributed by atoms with Gasteiger partial charge in [0.1, 0.15) is 0 Å². The van der Waals surface area contributed by atoms with Crippen molar-refractivity contribution in [1.82, 2.24) is 0 Å². The van der Waals surface area contributed by atoms with E-state index in [-0.39, 0.29) is 0 Å². The lowest BCUT2D eigenvalue weighted by molar-refractivity contribution is 0.298. The van der Waals surface area contributed by atoms with Crippen molar-refractivity contribution in [3.63, 3.8) is 0 Å². The summed E-state index contributed by atoms with van der Waals surface area (Å²) >= 11 is 0. The minimum absolute atomic E-state index is 0.795. The first-order valence-electron chi connectivity index (χ1n) is 2.03. The second kappa shape index (κ2) is 1.80. The minimum Gasteiger partial charge on any atom is -0.474 e. The molecule has 33 valence electrons. The maximum absolute atomic E-state index is 4.65. The lowest BCUT2D eigenvalue weighted by Gasteiger charge is -1.99. The molecule has 0 amide bonds. The Hall–Kier alpha value is -0.530. The van der Waals surface area contributed by atoms with Gasteiger partial charge in [0, 0.05) is 13.0 Å². The fourth-order valence-corrected chi connectivity index (χ4v) is 0.353. The van der Waals surface area contributed by atoms with Crippen LogP contribution in [0.4, 0.5) is 0 Å². The molecule has 0 fully saturated rings. The Morgan fingerprint density at radius 1 is 1.67 bits per heavy atom. The van der Waals surface area contributed by atoms with Gasteiger partial charge in [0.05, 0.1) is 6.61 Å². The van der Waals surface area contributed by atoms with Gasteiger partial charge in [0.2, 0.25) is 0 Å². The van der Waals surface area contributed by atoms with Crippen molar-refractivity contribution in [2.75, 3.05) is 13.2 Å². The van der Waals surface area contributed by atoms with Gasteiger partial charge < -0.3 is 4.74 Å². The SMILES string of the molecule is [C]1=NCCCO1. The van der Waals surface area contributed by atoms with Crippen LogP contribution in [0, 0.1) is 0 Å². The average molecular weight is 84.1 g/mol. The fourth-order valence-electron chi connectivity index (χ4n) is 0.353. The summed E-state index contributed by atoms with van der Waals surface area (Å²) in [5, 5.41) is 0. The van der Waals surface area contributed by atoms with Crippen LogP contribution >= 0.6 is 0 Å². The Bertz CT molecular complexity index is 52.6. The molecule has 0 N–H and O–H groups in total. The summed E-state index contributed by atoms with van der Waals surface area (Å²) in [5.41, 5.74) is 0. The van der Waals surface area contributed by atoms with Crippen molar-refractivity contribution in [1.29, 1.82) is 0 Å². The van der Waals surface area contributed by atoms with Crippen molar-refractivity contribution in [2.24, 2.45) is 4.99 Å². The first-order valence-corrected chi connectivity index (χ1v) is 2.03. The second-order valence-corrected chi connectivity index (χ2v) is 1.18. The Labute approximate surface area is 36.8 Å². The fraction of sp³-hybridized carbons (Fsp3) is 0.750. The maximum Gasteiger partial charge on any atom is 0.273 e. The van der Waals surface area contributed by atoms with Crippen LogP contribution in [0.3, 0.4) is 0 Å². The highest BCUT2D eigenvalue weighted by atomic mass is 16.5. The van der Waals surface area contributed by atoms with E-state index in [0.29, 0.717) is 0 Å². The molecule has 6 heavy (non-hydrogen) atoms. The molecule has 0 unspecified atom stereocenters.